The van der Waals surface area contributed by atoms with Crippen LogP contribution in [-0.4, -0.2) is 17.9 Å². The number of benzene rings is 2. The lowest BCUT2D eigenvalue weighted by Crippen LogP contribution is -2.01. The van der Waals surface area contributed by atoms with E-state index in [9.17, 15) is 10.1 Å². The Labute approximate surface area is 140 Å². The van der Waals surface area contributed by atoms with Gasteiger partial charge in [0.2, 0.25) is 5.78 Å². The Bertz CT molecular complexity index is 990. The van der Waals surface area contributed by atoms with Crippen molar-refractivity contribution in [1.29, 1.82) is 5.26 Å². The SMILES string of the molecule is COc1cccc(/C=C(\C#N)C(=O)c2c[nH]c3cccc(C)c23)c1. The van der Waals surface area contributed by atoms with Gasteiger partial charge in [0.25, 0.3) is 0 Å². The number of hydrogen-bond acceptors (Lipinski definition) is 3. The number of aromatic amines is 1. The van der Waals surface area contributed by atoms with Gasteiger partial charge in [0, 0.05) is 22.7 Å². The van der Waals surface area contributed by atoms with Crippen LogP contribution in [-0.2, 0) is 0 Å². The molecular weight excluding hydrogens is 300 g/mol. The average Bonchev–Trinajstić information content (AvgIpc) is 3.05. The van der Waals surface area contributed by atoms with E-state index in [2.05, 4.69) is 4.98 Å². The molecule has 0 amide bonds. The molecule has 0 atom stereocenters. The van der Waals surface area contributed by atoms with Gasteiger partial charge in [0.1, 0.15) is 17.4 Å². The van der Waals surface area contributed by atoms with E-state index in [4.69, 9.17) is 4.74 Å². The van der Waals surface area contributed by atoms with Gasteiger partial charge >= 0.3 is 0 Å². The minimum atomic E-state index is -0.291. The number of allylic oxidation sites excluding steroid dienone is 1. The van der Waals surface area contributed by atoms with Crippen LogP contribution in [0.15, 0.2) is 54.2 Å². The van der Waals surface area contributed by atoms with Gasteiger partial charge < -0.3 is 9.72 Å². The predicted molar refractivity (Wildman–Crippen MR) is 94.0 cm³/mol. The molecule has 118 valence electrons. The highest BCUT2D eigenvalue weighted by atomic mass is 16.5. The summed E-state index contributed by atoms with van der Waals surface area (Å²) >= 11 is 0. The smallest absolute Gasteiger partial charge is 0.205 e. The maximum atomic E-state index is 12.8. The number of carbonyl (C=O) groups excluding carboxylic acids is 1. The van der Waals surface area contributed by atoms with Crippen LogP contribution in [0.5, 0.6) is 5.75 Å². The first kappa shape index (κ1) is 15.6. The maximum absolute atomic E-state index is 12.8. The lowest BCUT2D eigenvalue weighted by atomic mass is 9.99. The van der Waals surface area contributed by atoms with Gasteiger partial charge in [-0.3, -0.25) is 4.79 Å². The Morgan fingerprint density at radius 2 is 2.04 bits per heavy atom. The van der Waals surface area contributed by atoms with E-state index in [0.717, 1.165) is 22.0 Å². The highest BCUT2D eigenvalue weighted by Gasteiger charge is 2.17. The van der Waals surface area contributed by atoms with Crippen molar-refractivity contribution < 1.29 is 9.53 Å². The van der Waals surface area contributed by atoms with E-state index in [0.29, 0.717) is 11.3 Å². The molecule has 0 bridgehead atoms. The van der Waals surface area contributed by atoms with Gasteiger partial charge in [0.15, 0.2) is 0 Å². The molecule has 0 saturated carbocycles. The number of nitrogens with one attached hydrogen (secondary N) is 1. The number of ketones is 1. The van der Waals surface area contributed by atoms with Crippen LogP contribution in [0, 0.1) is 18.3 Å². The number of nitrogens with zero attached hydrogens (tertiary/aromatic N) is 1. The Hall–Kier alpha value is -3.32. The normalized spacial score (nSPS) is 11.3. The monoisotopic (exact) mass is 316 g/mol. The van der Waals surface area contributed by atoms with Crippen LogP contribution < -0.4 is 4.74 Å². The summed E-state index contributed by atoms with van der Waals surface area (Å²) in [5, 5.41) is 10.3. The summed E-state index contributed by atoms with van der Waals surface area (Å²) in [7, 11) is 1.58. The summed E-state index contributed by atoms with van der Waals surface area (Å²) in [4.78, 5) is 15.9. The summed E-state index contributed by atoms with van der Waals surface area (Å²) in [5.74, 6) is 0.386. The molecule has 0 aliphatic rings. The molecule has 1 N–H and O–H groups in total. The number of hydrogen-bond donors (Lipinski definition) is 1. The van der Waals surface area contributed by atoms with Crippen molar-refractivity contribution in [2.45, 2.75) is 6.92 Å². The Morgan fingerprint density at radius 1 is 1.25 bits per heavy atom. The first-order valence-electron chi connectivity index (χ1n) is 7.51. The van der Waals surface area contributed by atoms with Crippen molar-refractivity contribution in [3.05, 3.63) is 70.9 Å². The third-order valence-electron chi connectivity index (χ3n) is 3.93. The molecule has 3 rings (SSSR count). The van der Waals surface area contributed by atoms with Crippen LogP contribution in [0.3, 0.4) is 0 Å². The molecule has 2 aromatic carbocycles. The Balaban J connectivity index is 2.06. The number of methoxy groups -OCH3 is 1. The van der Waals surface area contributed by atoms with Crippen LogP contribution >= 0.6 is 0 Å². The van der Waals surface area contributed by atoms with Crippen LogP contribution in [0.25, 0.3) is 17.0 Å². The lowest BCUT2D eigenvalue weighted by molar-refractivity contribution is 0.104. The number of H-pyrrole nitrogens is 1. The van der Waals surface area contributed by atoms with Crippen LogP contribution in [0.1, 0.15) is 21.5 Å². The van der Waals surface area contributed by atoms with Gasteiger partial charge in [-0.05, 0) is 42.3 Å². The van der Waals surface area contributed by atoms with E-state index in [1.54, 1.807) is 25.4 Å². The fourth-order valence-electron chi connectivity index (χ4n) is 2.74. The number of ether oxygens (including phenoxy) is 1. The van der Waals surface area contributed by atoms with Crippen molar-refractivity contribution in [3.8, 4) is 11.8 Å². The number of carbonyl (C=O) groups is 1. The molecular formula is C20H16N2O2. The van der Waals surface area contributed by atoms with Crippen LogP contribution in [0.4, 0.5) is 0 Å². The summed E-state index contributed by atoms with van der Waals surface area (Å²) in [6.45, 7) is 1.95. The van der Waals surface area contributed by atoms with Crippen molar-refractivity contribution in [2.24, 2.45) is 0 Å². The average molecular weight is 316 g/mol. The molecule has 0 saturated heterocycles. The Morgan fingerprint density at radius 3 is 2.79 bits per heavy atom. The highest BCUT2D eigenvalue weighted by molar-refractivity contribution is 6.20. The molecule has 1 heterocycles. The molecule has 24 heavy (non-hydrogen) atoms. The van der Waals surface area contributed by atoms with Gasteiger partial charge in [-0.25, -0.2) is 0 Å². The molecule has 4 heteroatoms. The van der Waals surface area contributed by atoms with E-state index in [-0.39, 0.29) is 11.4 Å². The second-order valence-corrected chi connectivity index (χ2v) is 5.48. The minimum Gasteiger partial charge on any atom is -0.497 e. The molecule has 0 radical (unpaired) electrons. The molecule has 0 aliphatic heterocycles. The third kappa shape index (κ3) is 2.80. The number of rotatable bonds is 4. The second-order valence-electron chi connectivity index (χ2n) is 5.48. The number of nitriles is 1. The molecule has 0 fully saturated rings. The molecule has 4 nitrogen and oxygen atoms in total. The highest BCUT2D eigenvalue weighted by Crippen LogP contribution is 2.25. The first-order chi connectivity index (χ1) is 11.6. The third-order valence-corrected chi connectivity index (χ3v) is 3.93. The van der Waals surface area contributed by atoms with Crippen molar-refractivity contribution in [1.82, 2.24) is 4.98 Å². The number of aromatic nitrogens is 1. The minimum absolute atomic E-state index is 0.0902. The molecule has 0 unspecified atom stereocenters. The summed E-state index contributed by atoms with van der Waals surface area (Å²) < 4.78 is 5.17. The summed E-state index contributed by atoms with van der Waals surface area (Å²) in [5.41, 5.74) is 3.23. The predicted octanol–water partition coefficient (Wildman–Crippen LogP) is 4.27. The van der Waals surface area contributed by atoms with Crippen LogP contribution in [0.2, 0.25) is 0 Å². The zero-order chi connectivity index (χ0) is 17.1. The van der Waals surface area contributed by atoms with Gasteiger partial charge in [-0.1, -0.05) is 24.3 Å². The molecule has 0 aliphatic carbocycles. The van der Waals surface area contributed by atoms with Gasteiger partial charge in [-0.2, -0.15) is 5.26 Å². The van der Waals surface area contributed by atoms with Crippen molar-refractivity contribution >= 4 is 22.8 Å². The van der Waals surface area contributed by atoms with Gasteiger partial charge in [-0.15, -0.1) is 0 Å². The summed E-state index contributed by atoms with van der Waals surface area (Å²) in [6.07, 6.45) is 3.25. The fourth-order valence-corrected chi connectivity index (χ4v) is 2.74. The maximum Gasteiger partial charge on any atom is 0.205 e. The number of Topliss-reactive ketones (excluding diaryl/α,β-unsaturated/α-hetero) is 1. The fraction of sp³-hybridized carbons (Fsp3) is 0.100. The molecule has 0 spiro atoms. The van der Waals surface area contributed by atoms with E-state index >= 15 is 0 Å². The molecule has 3 aromatic rings. The molecule has 1 aromatic heterocycles. The first-order valence-corrected chi connectivity index (χ1v) is 7.51. The van der Waals surface area contributed by atoms with Gasteiger partial charge in [0.05, 0.1) is 7.11 Å². The van der Waals surface area contributed by atoms with Crippen molar-refractivity contribution in [3.63, 3.8) is 0 Å². The van der Waals surface area contributed by atoms with E-state index in [1.165, 1.54) is 0 Å². The van der Waals surface area contributed by atoms with Crippen molar-refractivity contribution in [2.75, 3.05) is 7.11 Å². The van der Waals surface area contributed by atoms with E-state index < -0.39 is 0 Å². The number of aryl methyl sites for hydroxylation is 1. The largest absolute Gasteiger partial charge is 0.497 e. The topological polar surface area (TPSA) is 65.9 Å². The number of fused-ring (bicyclic) bond motifs is 1. The summed E-state index contributed by atoms with van der Waals surface area (Å²) in [6, 6.07) is 15.1. The Kier molecular flexibility index (Phi) is 4.17. The second kappa shape index (κ2) is 6.43. The lowest BCUT2D eigenvalue weighted by Gasteiger charge is -2.03. The quantitative estimate of drug-likeness (QED) is 0.444. The zero-order valence-electron chi connectivity index (χ0n) is 13.5. The van der Waals surface area contributed by atoms with E-state index in [1.807, 2.05) is 49.4 Å². The zero-order valence-corrected chi connectivity index (χ0v) is 13.5. The standard InChI is InChI=1S/C20H16N2O2/c1-13-5-3-8-18-19(13)17(12-22-18)20(23)15(11-21)9-14-6-4-7-16(10-14)24-2/h3-10,12,22H,1-2H3/b15-9+.